The van der Waals surface area contributed by atoms with E-state index in [-0.39, 0.29) is 22.8 Å². The lowest BCUT2D eigenvalue weighted by Crippen LogP contribution is -2.09. The number of allylic oxidation sites excluding steroid dienone is 1. The lowest BCUT2D eigenvalue weighted by Gasteiger charge is -2.09. The van der Waals surface area contributed by atoms with Gasteiger partial charge in [0.05, 0.1) is 18.2 Å². The predicted octanol–water partition coefficient (Wildman–Crippen LogP) is 2.68. The number of ether oxygens (including phenoxy) is 2. The maximum atomic E-state index is 12.7. The largest absolute Gasteiger partial charge is 0.500 e. The molecule has 0 aromatic heterocycles. The Morgan fingerprint density at radius 3 is 2.62 bits per heavy atom. The number of benzene rings is 1. The number of carbonyl (C=O) groups excluding carboxylic acids is 1. The number of carbonyl (C=O) groups is 1. The summed E-state index contributed by atoms with van der Waals surface area (Å²) in [7, 11) is 2.84. The second-order valence-electron chi connectivity index (χ2n) is 4.18. The molecule has 1 aromatic rings. The Morgan fingerprint density at radius 1 is 1.33 bits per heavy atom. The topological polar surface area (TPSA) is 47.6 Å². The lowest BCUT2D eigenvalue weighted by molar-refractivity contribution is -0.137. The van der Waals surface area contributed by atoms with Crippen molar-refractivity contribution in [2.75, 3.05) is 14.2 Å². The van der Waals surface area contributed by atoms with E-state index in [0.29, 0.717) is 0 Å². The van der Waals surface area contributed by atoms with E-state index in [1.54, 1.807) is 0 Å². The zero-order valence-corrected chi connectivity index (χ0v) is 11.2. The van der Waals surface area contributed by atoms with Gasteiger partial charge in [-0.1, -0.05) is 12.1 Å². The average molecular weight is 299 g/mol. The molecule has 112 valence electrons. The summed E-state index contributed by atoms with van der Waals surface area (Å²) in [6.07, 6.45) is -3.38. The van der Waals surface area contributed by atoms with E-state index in [2.05, 4.69) is 5.32 Å². The SMILES string of the molecule is CNC1=C(c2cccc(C(F)(F)F)c2)C(=O)/C(=C\OC)O1. The second-order valence-corrected chi connectivity index (χ2v) is 4.18. The van der Waals surface area contributed by atoms with Gasteiger partial charge in [0.2, 0.25) is 17.4 Å². The monoisotopic (exact) mass is 299 g/mol. The van der Waals surface area contributed by atoms with Crippen LogP contribution in [0.4, 0.5) is 13.2 Å². The number of rotatable bonds is 3. The van der Waals surface area contributed by atoms with E-state index in [1.807, 2.05) is 0 Å². The minimum atomic E-state index is -4.48. The summed E-state index contributed by atoms with van der Waals surface area (Å²) in [5.41, 5.74) is -0.675. The molecule has 0 unspecified atom stereocenters. The van der Waals surface area contributed by atoms with Crippen LogP contribution in [0.25, 0.3) is 5.57 Å². The molecule has 0 amide bonds. The normalized spacial score (nSPS) is 17.2. The maximum Gasteiger partial charge on any atom is 0.416 e. The Labute approximate surface area is 118 Å². The van der Waals surface area contributed by atoms with Gasteiger partial charge in [0.25, 0.3) is 0 Å². The quantitative estimate of drug-likeness (QED) is 0.688. The van der Waals surface area contributed by atoms with Crippen molar-refractivity contribution in [3.63, 3.8) is 0 Å². The van der Waals surface area contributed by atoms with Gasteiger partial charge in [-0.3, -0.25) is 4.79 Å². The van der Waals surface area contributed by atoms with Crippen LogP contribution >= 0.6 is 0 Å². The third-order valence-electron chi connectivity index (χ3n) is 2.82. The van der Waals surface area contributed by atoms with Crippen molar-refractivity contribution in [2.24, 2.45) is 0 Å². The van der Waals surface area contributed by atoms with Crippen LogP contribution in [0.1, 0.15) is 11.1 Å². The summed E-state index contributed by atoms with van der Waals surface area (Å²) < 4.78 is 48.2. The minimum absolute atomic E-state index is 0.0342. The van der Waals surface area contributed by atoms with Gasteiger partial charge in [-0.25, -0.2) is 0 Å². The summed E-state index contributed by atoms with van der Waals surface area (Å²) in [5, 5.41) is 2.65. The average Bonchev–Trinajstić information content (AvgIpc) is 2.75. The highest BCUT2D eigenvalue weighted by Crippen LogP contribution is 2.35. The molecular formula is C14H12F3NO3. The first-order valence-electron chi connectivity index (χ1n) is 5.93. The molecule has 0 fully saturated rings. The molecule has 1 heterocycles. The molecule has 0 saturated heterocycles. The molecular weight excluding hydrogens is 287 g/mol. The summed E-state index contributed by atoms with van der Waals surface area (Å²) in [4.78, 5) is 12.2. The van der Waals surface area contributed by atoms with Crippen LogP contribution in [-0.2, 0) is 20.4 Å². The third kappa shape index (κ3) is 2.86. The second kappa shape index (κ2) is 5.51. The molecule has 0 aliphatic carbocycles. The number of hydrogen-bond acceptors (Lipinski definition) is 4. The number of alkyl halides is 3. The van der Waals surface area contributed by atoms with Gasteiger partial charge < -0.3 is 14.8 Å². The van der Waals surface area contributed by atoms with Crippen LogP contribution in [0.2, 0.25) is 0 Å². The summed E-state index contributed by atoms with van der Waals surface area (Å²) in [6.45, 7) is 0. The zero-order chi connectivity index (χ0) is 15.6. The fourth-order valence-electron chi connectivity index (χ4n) is 1.91. The van der Waals surface area contributed by atoms with Gasteiger partial charge in [-0.2, -0.15) is 13.2 Å². The minimum Gasteiger partial charge on any atom is -0.500 e. The molecule has 1 aromatic carbocycles. The molecule has 0 atom stereocenters. The van der Waals surface area contributed by atoms with Gasteiger partial charge in [0.1, 0.15) is 6.26 Å². The van der Waals surface area contributed by atoms with Crippen molar-refractivity contribution in [3.05, 3.63) is 53.3 Å². The number of halogens is 3. The first-order valence-corrected chi connectivity index (χ1v) is 5.93. The van der Waals surface area contributed by atoms with Crippen molar-refractivity contribution in [2.45, 2.75) is 6.18 Å². The van der Waals surface area contributed by atoms with Crippen molar-refractivity contribution < 1.29 is 27.4 Å². The van der Waals surface area contributed by atoms with Crippen molar-refractivity contribution in [1.82, 2.24) is 5.32 Å². The molecule has 0 saturated carbocycles. The fraction of sp³-hybridized carbons (Fsp3) is 0.214. The van der Waals surface area contributed by atoms with Crippen LogP contribution in [-0.4, -0.2) is 19.9 Å². The van der Waals surface area contributed by atoms with E-state index in [0.717, 1.165) is 18.4 Å². The molecule has 0 bridgehead atoms. The molecule has 1 aliphatic rings. The first-order chi connectivity index (χ1) is 9.88. The highest BCUT2D eigenvalue weighted by atomic mass is 19.4. The Bertz CT molecular complexity index is 633. The van der Waals surface area contributed by atoms with Gasteiger partial charge >= 0.3 is 6.18 Å². The first kappa shape index (κ1) is 15.0. The molecule has 1 N–H and O–H groups in total. The van der Waals surface area contributed by atoms with E-state index < -0.39 is 17.5 Å². The van der Waals surface area contributed by atoms with Crippen LogP contribution in [0.5, 0.6) is 0 Å². The highest BCUT2D eigenvalue weighted by molar-refractivity contribution is 6.30. The fourth-order valence-corrected chi connectivity index (χ4v) is 1.91. The molecule has 2 rings (SSSR count). The van der Waals surface area contributed by atoms with Crippen molar-refractivity contribution in [3.8, 4) is 0 Å². The lowest BCUT2D eigenvalue weighted by atomic mass is 10.00. The Morgan fingerprint density at radius 2 is 2.05 bits per heavy atom. The van der Waals surface area contributed by atoms with Crippen molar-refractivity contribution in [1.29, 1.82) is 0 Å². The molecule has 7 heteroatoms. The van der Waals surface area contributed by atoms with E-state index in [1.165, 1.54) is 26.3 Å². The zero-order valence-electron chi connectivity index (χ0n) is 11.2. The molecule has 21 heavy (non-hydrogen) atoms. The maximum absolute atomic E-state index is 12.7. The Hall–Kier alpha value is -2.44. The van der Waals surface area contributed by atoms with E-state index in [4.69, 9.17) is 9.47 Å². The van der Waals surface area contributed by atoms with Gasteiger partial charge in [-0.15, -0.1) is 0 Å². The number of methoxy groups -OCH3 is 1. The summed E-state index contributed by atoms with van der Waals surface area (Å²) in [5.74, 6) is -0.544. The summed E-state index contributed by atoms with van der Waals surface area (Å²) >= 11 is 0. The predicted molar refractivity (Wildman–Crippen MR) is 68.6 cm³/mol. The number of nitrogens with one attached hydrogen (secondary N) is 1. The van der Waals surface area contributed by atoms with Crippen molar-refractivity contribution >= 4 is 11.4 Å². The molecule has 4 nitrogen and oxygen atoms in total. The van der Waals surface area contributed by atoms with E-state index in [9.17, 15) is 18.0 Å². The summed E-state index contributed by atoms with van der Waals surface area (Å²) in [6, 6.07) is 4.50. The van der Waals surface area contributed by atoms with Gasteiger partial charge in [0, 0.05) is 7.05 Å². The van der Waals surface area contributed by atoms with Crippen LogP contribution in [0, 0.1) is 0 Å². The third-order valence-corrected chi connectivity index (χ3v) is 2.82. The molecule has 1 aliphatic heterocycles. The smallest absolute Gasteiger partial charge is 0.416 e. The number of Topliss-reactive ketones (excluding diaryl/α,β-unsaturated/α-hetero) is 1. The van der Waals surface area contributed by atoms with Crippen LogP contribution in [0.3, 0.4) is 0 Å². The van der Waals surface area contributed by atoms with Crippen LogP contribution < -0.4 is 5.32 Å². The standard InChI is InChI=1S/C14H12F3NO3/c1-18-13-11(12(19)10(21-13)7-20-2)8-4-3-5-9(6-8)14(15,16)17/h3-7,18H,1-2H3/b10-7+. The van der Waals surface area contributed by atoms with Crippen LogP contribution in [0.15, 0.2) is 42.2 Å². The van der Waals surface area contributed by atoms with E-state index >= 15 is 0 Å². The van der Waals surface area contributed by atoms with Gasteiger partial charge in [-0.05, 0) is 17.7 Å². The highest BCUT2D eigenvalue weighted by Gasteiger charge is 2.35. The van der Waals surface area contributed by atoms with Gasteiger partial charge in [0.15, 0.2) is 0 Å². The number of ketones is 1. The molecule has 0 spiro atoms. The molecule has 0 radical (unpaired) electrons. The Kier molecular flexibility index (Phi) is 3.93. The number of hydrogen-bond donors (Lipinski definition) is 1. The Balaban J connectivity index is 2.50.